The molecule has 0 aromatic heterocycles. The van der Waals surface area contributed by atoms with Crippen LogP contribution in [-0.2, 0) is 24.6 Å². The van der Waals surface area contributed by atoms with Crippen LogP contribution < -0.4 is 0 Å². The molecule has 1 aliphatic heterocycles. The fraction of sp³-hybridized carbons (Fsp3) is 0.588. The molecule has 2 atom stereocenters. The molecule has 1 aromatic rings. The second-order valence-corrected chi connectivity index (χ2v) is 5.72. The molecule has 0 bridgehead atoms. The average molecular weight is 292 g/mol. The lowest BCUT2D eigenvalue weighted by atomic mass is 9.87. The van der Waals surface area contributed by atoms with Gasteiger partial charge in [-0.3, -0.25) is 0 Å². The van der Waals surface area contributed by atoms with E-state index in [4.69, 9.17) is 14.2 Å². The van der Waals surface area contributed by atoms with E-state index in [-0.39, 0.29) is 12.6 Å². The first kappa shape index (κ1) is 16.0. The third-order valence-corrected chi connectivity index (χ3v) is 3.56. The summed E-state index contributed by atoms with van der Waals surface area (Å²) in [6, 6.07) is 9.92. The van der Waals surface area contributed by atoms with Crippen LogP contribution in [0.3, 0.4) is 0 Å². The quantitative estimate of drug-likeness (QED) is 0.420. The van der Waals surface area contributed by atoms with Crippen LogP contribution in [0.2, 0.25) is 0 Å². The lowest BCUT2D eigenvalue weighted by Crippen LogP contribution is -2.24. The van der Waals surface area contributed by atoms with Gasteiger partial charge in [-0.05, 0) is 24.8 Å². The van der Waals surface area contributed by atoms with E-state index in [0.717, 1.165) is 12.0 Å². The summed E-state index contributed by atoms with van der Waals surface area (Å²) >= 11 is 0. The Labute approximate surface area is 126 Å². The molecular weight excluding hydrogens is 268 g/mol. The maximum absolute atomic E-state index is 12.1. The van der Waals surface area contributed by atoms with Gasteiger partial charge in [-0.15, -0.1) is 0 Å². The number of esters is 1. The molecule has 2 rings (SSSR count). The molecule has 1 aromatic carbocycles. The largest absolute Gasteiger partial charge is 0.461 e. The molecule has 0 N–H and O–H groups in total. The van der Waals surface area contributed by atoms with Crippen molar-refractivity contribution in [3.63, 3.8) is 0 Å². The maximum Gasteiger partial charge on any atom is 0.338 e. The van der Waals surface area contributed by atoms with Crippen molar-refractivity contribution in [2.24, 2.45) is 5.92 Å². The molecular formula is C17H24O4. The van der Waals surface area contributed by atoms with Crippen LogP contribution in [0.1, 0.15) is 32.8 Å². The van der Waals surface area contributed by atoms with E-state index in [1.165, 1.54) is 0 Å². The van der Waals surface area contributed by atoms with Gasteiger partial charge in [0, 0.05) is 6.61 Å². The molecule has 116 valence electrons. The van der Waals surface area contributed by atoms with Gasteiger partial charge in [-0.1, -0.05) is 44.2 Å². The lowest BCUT2D eigenvalue weighted by molar-refractivity contribution is -0.146. The van der Waals surface area contributed by atoms with Crippen LogP contribution in [0.5, 0.6) is 0 Å². The number of epoxide rings is 1. The Morgan fingerprint density at radius 2 is 2.00 bits per heavy atom. The first-order valence-electron chi connectivity index (χ1n) is 7.58. The molecule has 4 nitrogen and oxygen atoms in total. The van der Waals surface area contributed by atoms with Gasteiger partial charge in [-0.25, -0.2) is 4.79 Å². The number of rotatable bonds is 8. The molecule has 0 amide bonds. The number of carbonyl (C=O) groups excluding carboxylic acids is 1. The Hall–Kier alpha value is -1.39. The molecule has 1 fully saturated rings. The van der Waals surface area contributed by atoms with Crippen molar-refractivity contribution >= 4 is 5.97 Å². The van der Waals surface area contributed by atoms with E-state index >= 15 is 0 Å². The Kier molecular flexibility index (Phi) is 5.37. The first-order chi connectivity index (χ1) is 10.1. The van der Waals surface area contributed by atoms with Crippen molar-refractivity contribution in [3.8, 4) is 0 Å². The van der Waals surface area contributed by atoms with Gasteiger partial charge in [0.15, 0.2) is 6.10 Å². The van der Waals surface area contributed by atoms with Crippen molar-refractivity contribution < 1.29 is 19.0 Å². The van der Waals surface area contributed by atoms with Gasteiger partial charge in [0.25, 0.3) is 0 Å². The molecule has 1 heterocycles. The van der Waals surface area contributed by atoms with E-state index in [1.807, 2.05) is 37.3 Å². The zero-order valence-corrected chi connectivity index (χ0v) is 13.0. The summed E-state index contributed by atoms with van der Waals surface area (Å²) in [6.07, 6.45) is 0.311. The second-order valence-electron chi connectivity index (χ2n) is 5.72. The van der Waals surface area contributed by atoms with Crippen LogP contribution >= 0.6 is 0 Å². The number of ether oxygens (including phenoxy) is 3. The standard InChI is InChI=1S/C17H24O4/c1-4-19-10-11-20-16(18)15-17(21-15,12-13(2)3)14-8-6-5-7-9-14/h5-9,13,15H,4,10-12H2,1-3H3. The minimum absolute atomic E-state index is 0.277. The summed E-state index contributed by atoms with van der Waals surface area (Å²) in [5, 5.41) is 0. The second kappa shape index (κ2) is 7.05. The smallest absolute Gasteiger partial charge is 0.338 e. The minimum Gasteiger partial charge on any atom is -0.461 e. The number of hydrogen-bond acceptors (Lipinski definition) is 4. The van der Waals surface area contributed by atoms with Crippen LogP contribution in [0.25, 0.3) is 0 Å². The summed E-state index contributed by atoms with van der Waals surface area (Å²) in [5.74, 6) is 0.144. The molecule has 2 unspecified atom stereocenters. The van der Waals surface area contributed by atoms with Gasteiger partial charge in [-0.2, -0.15) is 0 Å². The Bertz CT molecular complexity index is 457. The molecule has 0 spiro atoms. The van der Waals surface area contributed by atoms with E-state index in [9.17, 15) is 4.79 Å². The highest BCUT2D eigenvalue weighted by molar-refractivity contribution is 5.80. The average Bonchev–Trinajstić information content (AvgIpc) is 3.19. The highest BCUT2D eigenvalue weighted by atomic mass is 16.7. The molecule has 1 aliphatic rings. The van der Waals surface area contributed by atoms with E-state index < -0.39 is 11.7 Å². The molecule has 21 heavy (non-hydrogen) atoms. The van der Waals surface area contributed by atoms with Gasteiger partial charge in [0.05, 0.1) is 6.61 Å². The summed E-state index contributed by atoms with van der Waals surface area (Å²) in [5.41, 5.74) is 0.531. The Morgan fingerprint density at radius 1 is 1.29 bits per heavy atom. The lowest BCUT2D eigenvalue weighted by Gasteiger charge is -2.15. The molecule has 0 radical (unpaired) electrons. The SMILES string of the molecule is CCOCCOC(=O)C1OC1(CC(C)C)c1ccccc1. The molecule has 4 heteroatoms. The normalized spacial score (nSPS) is 24.1. The van der Waals surface area contributed by atoms with Crippen molar-refractivity contribution in [3.05, 3.63) is 35.9 Å². The molecule has 0 saturated carbocycles. The molecule has 0 aliphatic carbocycles. The van der Waals surface area contributed by atoms with Crippen molar-refractivity contribution in [2.75, 3.05) is 19.8 Å². The maximum atomic E-state index is 12.1. The van der Waals surface area contributed by atoms with Crippen LogP contribution in [0, 0.1) is 5.92 Å². The van der Waals surface area contributed by atoms with Crippen LogP contribution in [-0.4, -0.2) is 31.9 Å². The van der Waals surface area contributed by atoms with Crippen LogP contribution in [0.15, 0.2) is 30.3 Å². The Morgan fingerprint density at radius 3 is 2.62 bits per heavy atom. The van der Waals surface area contributed by atoms with Gasteiger partial charge in [0.1, 0.15) is 12.2 Å². The van der Waals surface area contributed by atoms with Crippen molar-refractivity contribution in [1.29, 1.82) is 0 Å². The highest BCUT2D eigenvalue weighted by Gasteiger charge is 2.62. The molecule has 1 saturated heterocycles. The van der Waals surface area contributed by atoms with E-state index in [1.54, 1.807) is 0 Å². The van der Waals surface area contributed by atoms with Crippen LogP contribution in [0.4, 0.5) is 0 Å². The summed E-state index contributed by atoms with van der Waals surface area (Å²) < 4.78 is 16.2. The predicted octanol–water partition coefficient (Wildman–Crippen LogP) is 2.91. The topological polar surface area (TPSA) is 48.1 Å². The summed E-state index contributed by atoms with van der Waals surface area (Å²) in [6.45, 7) is 7.50. The predicted molar refractivity (Wildman–Crippen MR) is 79.9 cm³/mol. The van der Waals surface area contributed by atoms with E-state index in [2.05, 4.69) is 13.8 Å². The number of hydrogen-bond donors (Lipinski definition) is 0. The van der Waals surface area contributed by atoms with Gasteiger partial charge >= 0.3 is 5.97 Å². The third-order valence-electron chi connectivity index (χ3n) is 3.56. The first-order valence-corrected chi connectivity index (χ1v) is 7.58. The summed E-state index contributed by atoms with van der Waals surface area (Å²) in [7, 11) is 0. The van der Waals surface area contributed by atoms with Gasteiger partial charge in [0.2, 0.25) is 0 Å². The highest BCUT2D eigenvalue weighted by Crippen LogP contribution is 2.51. The third kappa shape index (κ3) is 3.83. The van der Waals surface area contributed by atoms with Crippen molar-refractivity contribution in [2.45, 2.75) is 38.9 Å². The Balaban J connectivity index is 2.00. The van der Waals surface area contributed by atoms with Gasteiger partial charge < -0.3 is 14.2 Å². The van der Waals surface area contributed by atoms with E-state index in [0.29, 0.717) is 19.1 Å². The van der Waals surface area contributed by atoms with Crippen molar-refractivity contribution in [1.82, 2.24) is 0 Å². The zero-order chi connectivity index (χ0) is 15.3. The minimum atomic E-state index is -0.516. The zero-order valence-electron chi connectivity index (χ0n) is 13.0. The fourth-order valence-electron chi connectivity index (χ4n) is 2.66. The number of carbonyl (C=O) groups is 1. The number of benzene rings is 1. The summed E-state index contributed by atoms with van der Waals surface area (Å²) in [4.78, 5) is 12.1. The monoisotopic (exact) mass is 292 g/mol. The fourth-order valence-corrected chi connectivity index (χ4v) is 2.66.